The van der Waals surface area contributed by atoms with E-state index in [0.717, 1.165) is 17.8 Å². The molecule has 0 spiro atoms. The Labute approximate surface area is 140 Å². The maximum atomic E-state index is 12.7. The SMILES string of the molecule is CN(C[C@H]1OCC[C@H]1c1ncn[nH]1)C(=O)c1ccc2c(c1)COC2. The summed E-state index contributed by atoms with van der Waals surface area (Å²) in [6.07, 6.45) is 2.33. The minimum atomic E-state index is -0.0651. The molecule has 0 bridgehead atoms. The Morgan fingerprint density at radius 3 is 3.08 bits per heavy atom. The monoisotopic (exact) mass is 328 g/mol. The Bertz CT molecular complexity index is 731. The molecule has 1 aromatic carbocycles. The standard InChI is InChI=1S/C17H20N4O3/c1-21(7-15-14(4-5-24-15)16-18-10-19-20-16)17(22)11-2-3-12-8-23-9-13(12)6-11/h2-3,6,10,14-15H,4-5,7-9H2,1H3,(H,18,19,20)/t14-,15-/m1/s1. The highest BCUT2D eigenvalue weighted by Gasteiger charge is 2.33. The molecule has 2 aliphatic rings. The summed E-state index contributed by atoms with van der Waals surface area (Å²) in [7, 11) is 1.81. The lowest BCUT2D eigenvalue weighted by molar-refractivity contribution is 0.0550. The Balaban J connectivity index is 1.45. The third-order valence-corrected chi connectivity index (χ3v) is 4.76. The van der Waals surface area contributed by atoms with Gasteiger partial charge in [0.15, 0.2) is 0 Å². The van der Waals surface area contributed by atoms with Gasteiger partial charge in [0, 0.05) is 31.7 Å². The zero-order valence-corrected chi connectivity index (χ0v) is 13.6. The van der Waals surface area contributed by atoms with E-state index in [1.54, 1.807) is 4.90 Å². The molecule has 3 heterocycles. The van der Waals surface area contributed by atoms with Crippen LogP contribution in [0, 0.1) is 0 Å². The van der Waals surface area contributed by atoms with Crippen molar-refractivity contribution in [2.24, 2.45) is 0 Å². The van der Waals surface area contributed by atoms with Crippen LogP contribution in [0.3, 0.4) is 0 Å². The van der Waals surface area contributed by atoms with Gasteiger partial charge in [0.2, 0.25) is 0 Å². The van der Waals surface area contributed by atoms with Crippen molar-refractivity contribution >= 4 is 5.91 Å². The number of carbonyl (C=O) groups is 1. The highest BCUT2D eigenvalue weighted by molar-refractivity contribution is 5.94. The maximum absolute atomic E-state index is 12.7. The van der Waals surface area contributed by atoms with Crippen LogP contribution in [0.25, 0.3) is 0 Å². The third kappa shape index (κ3) is 2.81. The number of fused-ring (bicyclic) bond motifs is 1. The molecule has 0 unspecified atom stereocenters. The summed E-state index contributed by atoms with van der Waals surface area (Å²) in [5.41, 5.74) is 2.96. The summed E-state index contributed by atoms with van der Waals surface area (Å²) in [6.45, 7) is 2.42. The average molecular weight is 328 g/mol. The molecular weight excluding hydrogens is 308 g/mol. The first-order chi connectivity index (χ1) is 11.7. The topological polar surface area (TPSA) is 80.3 Å². The third-order valence-electron chi connectivity index (χ3n) is 4.76. The Hall–Kier alpha value is -2.25. The number of aromatic nitrogens is 3. The number of aromatic amines is 1. The number of nitrogens with one attached hydrogen (secondary N) is 1. The molecule has 2 atom stereocenters. The molecule has 126 valence electrons. The van der Waals surface area contributed by atoms with Gasteiger partial charge in [-0.2, -0.15) is 5.10 Å². The lowest BCUT2D eigenvalue weighted by Crippen LogP contribution is -2.36. The van der Waals surface area contributed by atoms with E-state index in [4.69, 9.17) is 9.47 Å². The minimum Gasteiger partial charge on any atom is -0.376 e. The van der Waals surface area contributed by atoms with E-state index in [2.05, 4.69) is 15.2 Å². The average Bonchev–Trinajstić information content (AvgIpc) is 3.33. The van der Waals surface area contributed by atoms with E-state index in [1.807, 2.05) is 25.2 Å². The number of likely N-dealkylation sites (N-methyl/N-ethyl adjacent to an activating group) is 1. The van der Waals surface area contributed by atoms with E-state index in [1.165, 1.54) is 11.9 Å². The zero-order valence-electron chi connectivity index (χ0n) is 13.6. The van der Waals surface area contributed by atoms with Crippen LogP contribution in [-0.2, 0) is 22.7 Å². The molecule has 1 aromatic heterocycles. The normalized spacial score (nSPS) is 22.5. The van der Waals surface area contributed by atoms with Gasteiger partial charge in [-0.05, 0) is 29.7 Å². The predicted octanol–water partition coefficient (Wildman–Crippen LogP) is 1.48. The second-order valence-corrected chi connectivity index (χ2v) is 6.34. The Morgan fingerprint density at radius 2 is 2.25 bits per heavy atom. The fourth-order valence-electron chi connectivity index (χ4n) is 3.41. The summed E-state index contributed by atoms with van der Waals surface area (Å²) in [6, 6.07) is 5.78. The van der Waals surface area contributed by atoms with Crippen LogP contribution in [0.5, 0.6) is 0 Å². The van der Waals surface area contributed by atoms with Crippen LogP contribution in [-0.4, -0.2) is 52.3 Å². The summed E-state index contributed by atoms with van der Waals surface area (Å²) in [5.74, 6) is 0.973. The molecule has 7 nitrogen and oxygen atoms in total. The Morgan fingerprint density at radius 1 is 1.38 bits per heavy atom. The van der Waals surface area contributed by atoms with E-state index in [-0.39, 0.29) is 17.9 Å². The van der Waals surface area contributed by atoms with E-state index < -0.39 is 0 Å². The molecule has 2 aromatic rings. The number of nitrogens with zero attached hydrogens (tertiary/aromatic N) is 3. The molecule has 2 aliphatic heterocycles. The van der Waals surface area contributed by atoms with Gasteiger partial charge in [-0.15, -0.1) is 0 Å². The molecule has 0 saturated carbocycles. The van der Waals surface area contributed by atoms with E-state index in [9.17, 15) is 4.79 Å². The minimum absolute atomic E-state index is 0.00322. The van der Waals surface area contributed by atoms with Crippen molar-refractivity contribution in [2.45, 2.75) is 31.7 Å². The highest BCUT2D eigenvalue weighted by Crippen LogP contribution is 2.29. The summed E-state index contributed by atoms with van der Waals surface area (Å²) < 4.78 is 11.2. The van der Waals surface area contributed by atoms with Gasteiger partial charge < -0.3 is 14.4 Å². The van der Waals surface area contributed by atoms with Crippen molar-refractivity contribution in [2.75, 3.05) is 20.2 Å². The molecule has 24 heavy (non-hydrogen) atoms. The number of hydrogen-bond donors (Lipinski definition) is 1. The lowest BCUT2D eigenvalue weighted by atomic mass is 10.00. The van der Waals surface area contributed by atoms with Gasteiger partial charge in [-0.1, -0.05) is 6.07 Å². The predicted molar refractivity (Wildman–Crippen MR) is 85.4 cm³/mol. The van der Waals surface area contributed by atoms with Crippen molar-refractivity contribution in [3.8, 4) is 0 Å². The zero-order chi connectivity index (χ0) is 16.5. The van der Waals surface area contributed by atoms with Gasteiger partial charge >= 0.3 is 0 Å². The number of rotatable bonds is 4. The van der Waals surface area contributed by atoms with Crippen molar-refractivity contribution in [1.29, 1.82) is 0 Å². The van der Waals surface area contributed by atoms with Crippen LogP contribution in [0.15, 0.2) is 24.5 Å². The van der Waals surface area contributed by atoms with Crippen LogP contribution in [0.4, 0.5) is 0 Å². The second kappa shape index (κ2) is 6.33. The van der Waals surface area contributed by atoms with Crippen LogP contribution >= 0.6 is 0 Å². The van der Waals surface area contributed by atoms with E-state index >= 15 is 0 Å². The van der Waals surface area contributed by atoms with Crippen molar-refractivity contribution < 1.29 is 14.3 Å². The van der Waals surface area contributed by atoms with Crippen LogP contribution in [0.1, 0.15) is 39.6 Å². The molecule has 1 saturated heterocycles. The van der Waals surface area contributed by atoms with E-state index in [0.29, 0.717) is 31.9 Å². The van der Waals surface area contributed by atoms with Crippen molar-refractivity contribution in [1.82, 2.24) is 20.1 Å². The smallest absolute Gasteiger partial charge is 0.253 e. The highest BCUT2D eigenvalue weighted by atomic mass is 16.5. The number of carbonyl (C=O) groups excluding carboxylic acids is 1. The molecule has 0 radical (unpaired) electrons. The maximum Gasteiger partial charge on any atom is 0.253 e. The molecule has 7 heteroatoms. The molecular formula is C17H20N4O3. The summed E-state index contributed by atoms with van der Waals surface area (Å²) >= 11 is 0. The molecule has 1 fully saturated rings. The molecule has 4 rings (SSSR count). The summed E-state index contributed by atoms with van der Waals surface area (Å²) in [5, 5.41) is 6.83. The van der Waals surface area contributed by atoms with Gasteiger partial charge in [0.1, 0.15) is 12.2 Å². The summed E-state index contributed by atoms with van der Waals surface area (Å²) in [4.78, 5) is 18.7. The number of H-pyrrole nitrogens is 1. The lowest BCUT2D eigenvalue weighted by Gasteiger charge is -2.24. The molecule has 0 aliphatic carbocycles. The molecule has 1 amide bonds. The molecule has 1 N–H and O–H groups in total. The Kier molecular flexibility index (Phi) is 4.03. The van der Waals surface area contributed by atoms with Gasteiger partial charge in [0.05, 0.1) is 19.3 Å². The van der Waals surface area contributed by atoms with Crippen LogP contribution < -0.4 is 0 Å². The van der Waals surface area contributed by atoms with Crippen LogP contribution in [0.2, 0.25) is 0 Å². The van der Waals surface area contributed by atoms with Gasteiger partial charge in [-0.25, -0.2) is 4.98 Å². The first kappa shape index (κ1) is 15.3. The second-order valence-electron chi connectivity index (χ2n) is 6.34. The first-order valence-corrected chi connectivity index (χ1v) is 8.14. The number of hydrogen-bond acceptors (Lipinski definition) is 5. The number of ether oxygens (including phenoxy) is 2. The largest absolute Gasteiger partial charge is 0.376 e. The quantitative estimate of drug-likeness (QED) is 0.919. The number of amides is 1. The fraction of sp³-hybridized carbons (Fsp3) is 0.471. The van der Waals surface area contributed by atoms with Gasteiger partial charge in [-0.3, -0.25) is 9.89 Å². The van der Waals surface area contributed by atoms with Gasteiger partial charge in [0.25, 0.3) is 5.91 Å². The first-order valence-electron chi connectivity index (χ1n) is 8.14. The van der Waals surface area contributed by atoms with Crippen molar-refractivity contribution in [3.05, 3.63) is 47.0 Å². The number of benzene rings is 1. The fourth-order valence-corrected chi connectivity index (χ4v) is 3.41. The van der Waals surface area contributed by atoms with Crippen molar-refractivity contribution in [3.63, 3.8) is 0 Å².